The van der Waals surface area contributed by atoms with Gasteiger partial charge in [-0.25, -0.2) is 0 Å². The molecule has 116 valence electrons. The number of nitrogens with one attached hydrogen (secondary N) is 1. The van der Waals surface area contributed by atoms with Gasteiger partial charge in [0.1, 0.15) is 5.75 Å². The molecule has 4 nitrogen and oxygen atoms in total. The molecule has 1 amide bonds. The molecule has 2 rings (SSSR count). The molecule has 1 aromatic carbocycles. The summed E-state index contributed by atoms with van der Waals surface area (Å²) < 4.78 is 5.54. The summed E-state index contributed by atoms with van der Waals surface area (Å²) in [6.45, 7) is 6.80. The molecule has 0 unspecified atom stereocenters. The lowest BCUT2D eigenvalue weighted by molar-refractivity contribution is -0.123. The van der Waals surface area contributed by atoms with Gasteiger partial charge in [-0.05, 0) is 48.2 Å². The molecule has 0 bridgehead atoms. The highest BCUT2D eigenvalue weighted by atomic mass is 16.5. The maximum Gasteiger partial charge on any atom is 0.258 e. The Morgan fingerprint density at radius 2 is 2.09 bits per heavy atom. The maximum absolute atomic E-state index is 11.8. The van der Waals surface area contributed by atoms with Crippen LogP contribution in [-0.4, -0.2) is 17.5 Å². The van der Waals surface area contributed by atoms with Gasteiger partial charge in [0.2, 0.25) is 0 Å². The second kappa shape index (κ2) is 7.59. The number of carbonyl (C=O) groups is 1. The SMILES string of the molecule is Cc1cc(OCC(=O)NCc2ccccn2)ccc1C(C)C. The van der Waals surface area contributed by atoms with E-state index in [2.05, 4.69) is 37.1 Å². The lowest BCUT2D eigenvalue weighted by Gasteiger charge is -2.12. The van der Waals surface area contributed by atoms with Gasteiger partial charge in [-0.1, -0.05) is 26.0 Å². The van der Waals surface area contributed by atoms with Crippen LogP contribution in [0.15, 0.2) is 42.6 Å². The molecule has 1 N–H and O–H groups in total. The van der Waals surface area contributed by atoms with Gasteiger partial charge in [0.25, 0.3) is 5.91 Å². The van der Waals surface area contributed by atoms with E-state index in [0.717, 1.165) is 11.4 Å². The Morgan fingerprint density at radius 1 is 1.27 bits per heavy atom. The Hall–Kier alpha value is -2.36. The first-order valence-electron chi connectivity index (χ1n) is 7.46. The van der Waals surface area contributed by atoms with E-state index in [-0.39, 0.29) is 12.5 Å². The van der Waals surface area contributed by atoms with Crippen molar-refractivity contribution in [3.05, 3.63) is 59.4 Å². The van der Waals surface area contributed by atoms with Crippen LogP contribution in [0.3, 0.4) is 0 Å². The van der Waals surface area contributed by atoms with Crippen LogP contribution < -0.4 is 10.1 Å². The molecular weight excluding hydrogens is 276 g/mol. The lowest BCUT2D eigenvalue weighted by Crippen LogP contribution is -2.28. The number of hydrogen-bond donors (Lipinski definition) is 1. The molecule has 0 radical (unpaired) electrons. The van der Waals surface area contributed by atoms with E-state index in [1.165, 1.54) is 11.1 Å². The molecular formula is C18H22N2O2. The van der Waals surface area contributed by atoms with Crippen molar-refractivity contribution in [2.75, 3.05) is 6.61 Å². The zero-order chi connectivity index (χ0) is 15.9. The van der Waals surface area contributed by atoms with Gasteiger partial charge in [0.15, 0.2) is 6.61 Å². The summed E-state index contributed by atoms with van der Waals surface area (Å²) in [6.07, 6.45) is 1.71. The first-order valence-corrected chi connectivity index (χ1v) is 7.46. The largest absolute Gasteiger partial charge is 0.484 e. The highest BCUT2D eigenvalue weighted by Crippen LogP contribution is 2.23. The van der Waals surface area contributed by atoms with Gasteiger partial charge in [-0.2, -0.15) is 0 Å². The van der Waals surface area contributed by atoms with Crippen LogP contribution in [0, 0.1) is 6.92 Å². The van der Waals surface area contributed by atoms with Gasteiger partial charge in [0, 0.05) is 6.20 Å². The van der Waals surface area contributed by atoms with Crippen LogP contribution in [0.25, 0.3) is 0 Å². The van der Waals surface area contributed by atoms with Crippen molar-refractivity contribution in [1.82, 2.24) is 10.3 Å². The number of aromatic nitrogens is 1. The molecule has 22 heavy (non-hydrogen) atoms. The minimum absolute atomic E-state index is 0.00724. The van der Waals surface area contributed by atoms with E-state index in [0.29, 0.717) is 12.5 Å². The lowest BCUT2D eigenvalue weighted by atomic mass is 9.98. The number of carbonyl (C=O) groups excluding carboxylic acids is 1. The molecule has 0 aliphatic carbocycles. The minimum atomic E-state index is -0.156. The summed E-state index contributed by atoms with van der Waals surface area (Å²) in [7, 11) is 0. The number of benzene rings is 1. The standard InChI is InChI=1S/C18H22N2O2/c1-13(2)17-8-7-16(10-14(17)3)22-12-18(21)20-11-15-6-4-5-9-19-15/h4-10,13H,11-12H2,1-3H3,(H,20,21). The second-order valence-electron chi connectivity index (χ2n) is 5.56. The summed E-state index contributed by atoms with van der Waals surface area (Å²) in [4.78, 5) is 15.9. The predicted molar refractivity (Wildman–Crippen MR) is 86.8 cm³/mol. The normalized spacial score (nSPS) is 10.5. The molecule has 0 fully saturated rings. The van der Waals surface area contributed by atoms with E-state index < -0.39 is 0 Å². The van der Waals surface area contributed by atoms with Gasteiger partial charge < -0.3 is 10.1 Å². The monoisotopic (exact) mass is 298 g/mol. The Bertz CT molecular complexity index is 624. The first kappa shape index (κ1) is 16.0. The predicted octanol–water partition coefficient (Wildman–Crippen LogP) is 3.21. The second-order valence-corrected chi connectivity index (χ2v) is 5.56. The molecule has 0 atom stereocenters. The van der Waals surface area contributed by atoms with Crippen LogP contribution in [-0.2, 0) is 11.3 Å². The van der Waals surface area contributed by atoms with E-state index in [4.69, 9.17) is 4.74 Å². The topological polar surface area (TPSA) is 51.2 Å². The highest BCUT2D eigenvalue weighted by Gasteiger charge is 2.07. The van der Waals surface area contributed by atoms with Crippen molar-refractivity contribution >= 4 is 5.91 Å². The fourth-order valence-corrected chi connectivity index (χ4v) is 2.28. The number of pyridine rings is 1. The zero-order valence-corrected chi connectivity index (χ0v) is 13.3. The van der Waals surface area contributed by atoms with Crippen LogP contribution in [0.4, 0.5) is 0 Å². The van der Waals surface area contributed by atoms with Gasteiger partial charge in [-0.15, -0.1) is 0 Å². The van der Waals surface area contributed by atoms with E-state index in [1.54, 1.807) is 6.20 Å². The zero-order valence-electron chi connectivity index (χ0n) is 13.3. The third kappa shape index (κ3) is 4.58. The summed E-state index contributed by atoms with van der Waals surface area (Å²) in [6, 6.07) is 11.5. The number of aryl methyl sites for hydroxylation is 1. The number of hydrogen-bond acceptors (Lipinski definition) is 3. The van der Waals surface area contributed by atoms with Crippen molar-refractivity contribution in [3.8, 4) is 5.75 Å². The third-order valence-corrected chi connectivity index (χ3v) is 3.43. The summed E-state index contributed by atoms with van der Waals surface area (Å²) in [5.74, 6) is 1.04. The number of rotatable bonds is 6. The van der Waals surface area contributed by atoms with Gasteiger partial charge in [-0.3, -0.25) is 9.78 Å². The first-order chi connectivity index (χ1) is 10.6. The van der Waals surface area contributed by atoms with Gasteiger partial charge in [0.05, 0.1) is 12.2 Å². The van der Waals surface area contributed by atoms with Crippen molar-refractivity contribution < 1.29 is 9.53 Å². The molecule has 2 aromatic rings. The van der Waals surface area contributed by atoms with Gasteiger partial charge >= 0.3 is 0 Å². The molecule has 0 spiro atoms. The highest BCUT2D eigenvalue weighted by molar-refractivity contribution is 5.77. The Balaban J connectivity index is 1.82. The van der Waals surface area contributed by atoms with E-state index in [1.807, 2.05) is 30.3 Å². The molecule has 1 heterocycles. The average molecular weight is 298 g/mol. The van der Waals surface area contributed by atoms with Crippen molar-refractivity contribution in [2.45, 2.75) is 33.2 Å². The average Bonchev–Trinajstić information content (AvgIpc) is 2.51. The van der Waals surface area contributed by atoms with Crippen molar-refractivity contribution in [2.24, 2.45) is 0 Å². The Labute approximate surface area is 131 Å². The fourth-order valence-electron chi connectivity index (χ4n) is 2.28. The summed E-state index contributed by atoms with van der Waals surface area (Å²) in [5, 5.41) is 2.79. The number of amides is 1. The quantitative estimate of drug-likeness (QED) is 0.891. The Kier molecular flexibility index (Phi) is 5.53. The van der Waals surface area contributed by atoms with Crippen LogP contribution in [0.5, 0.6) is 5.75 Å². The number of nitrogens with zero attached hydrogens (tertiary/aromatic N) is 1. The molecule has 0 aliphatic rings. The Morgan fingerprint density at radius 3 is 2.73 bits per heavy atom. The van der Waals surface area contributed by atoms with Crippen molar-refractivity contribution in [3.63, 3.8) is 0 Å². The molecule has 0 saturated carbocycles. The maximum atomic E-state index is 11.8. The smallest absolute Gasteiger partial charge is 0.258 e. The van der Waals surface area contributed by atoms with E-state index >= 15 is 0 Å². The fraction of sp³-hybridized carbons (Fsp3) is 0.333. The van der Waals surface area contributed by atoms with Crippen molar-refractivity contribution in [1.29, 1.82) is 0 Å². The summed E-state index contributed by atoms with van der Waals surface area (Å²) in [5.41, 5.74) is 3.31. The molecule has 0 saturated heterocycles. The third-order valence-electron chi connectivity index (χ3n) is 3.43. The molecule has 0 aliphatic heterocycles. The summed E-state index contributed by atoms with van der Waals surface area (Å²) >= 11 is 0. The van der Waals surface area contributed by atoms with Crippen LogP contribution >= 0.6 is 0 Å². The van der Waals surface area contributed by atoms with Crippen LogP contribution in [0.2, 0.25) is 0 Å². The van der Waals surface area contributed by atoms with E-state index in [9.17, 15) is 4.79 Å². The number of ether oxygens (including phenoxy) is 1. The molecule has 4 heteroatoms. The minimum Gasteiger partial charge on any atom is -0.484 e. The van der Waals surface area contributed by atoms with Crippen LogP contribution in [0.1, 0.15) is 36.6 Å². The molecule has 1 aromatic heterocycles.